The van der Waals surface area contributed by atoms with Crippen LogP contribution in [-0.4, -0.2) is 70.1 Å². The van der Waals surface area contributed by atoms with Gasteiger partial charge in [-0.15, -0.1) is 0 Å². The number of rotatable bonds is 22. The van der Waals surface area contributed by atoms with Gasteiger partial charge in [0.05, 0.1) is 30.9 Å². The quantitative estimate of drug-likeness (QED) is 0.0547. The van der Waals surface area contributed by atoms with E-state index in [1.165, 1.54) is 82.8 Å². The van der Waals surface area contributed by atoms with Crippen molar-refractivity contribution >= 4 is 22.1 Å². The Morgan fingerprint density at radius 2 is 1.21 bits per heavy atom. The lowest BCUT2D eigenvalue weighted by molar-refractivity contribution is -0.156. The van der Waals surface area contributed by atoms with Gasteiger partial charge in [0.15, 0.2) is 11.6 Å². The van der Waals surface area contributed by atoms with E-state index in [0.717, 1.165) is 49.5 Å². The van der Waals surface area contributed by atoms with Crippen molar-refractivity contribution in [3.8, 4) is 0 Å². The third-order valence-corrected chi connectivity index (χ3v) is 12.6. The smallest absolute Gasteiger partial charge is 0.307 e. The Balaban J connectivity index is 0.000000284. The predicted molar refractivity (Wildman–Crippen MR) is 238 cm³/mol. The summed E-state index contributed by atoms with van der Waals surface area (Å²) in [6.45, 7) is 13.6. The lowest BCUT2D eigenvalue weighted by Gasteiger charge is -2.23. The molecule has 15 nitrogen and oxygen atoms in total. The van der Waals surface area contributed by atoms with Gasteiger partial charge in [0.2, 0.25) is 11.8 Å². The number of benzene rings is 1. The van der Waals surface area contributed by atoms with Crippen molar-refractivity contribution in [3.05, 3.63) is 53.3 Å². The van der Waals surface area contributed by atoms with Gasteiger partial charge in [-0.05, 0) is 85.3 Å². The molecule has 2 saturated carbocycles. The molecular weight excluding hydrogens is 827 g/mol. The summed E-state index contributed by atoms with van der Waals surface area (Å²) in [6.07, 6.45) is 19.5. The predicted octanol–water partition coefficient (Wildman–Crippen LogP) is 9.57. The molecule has 2 aliphatic carbocycles. The first kappa shape index (κ1) is 51.9. The van der Waals surface area contributed by atoms with Crippen LogP contribution in [-0.2, 0) is 46.5 Å². The largest absolute Gasteiger partial charge is 0.460 e. The molecule has 16 heteroatoms. The zero-order chi connectivity index (χ0) is 45.9. The van der Waals surface area contributed by atoms with E-state index < -0.39 is 21.3 Å². The van der Waals surface area contributed by atoms with Crippen molar-refractivity contribution in [3.63, 3.8) is 0 Å². The summed E-state index contributed by atoms with van der Waals surface area (Å²) in [5, 5.41) is 19.8. The Bertz CT molecular complexity index is 1890. The van der Waals surface area contributed by atoms with Gasteiger partial charge in [-0.2, -0.15) is 18.4 Å². The zero-order valence-corrected chi connectivity index (χ0v) is 39.8. The zero-order valence-electron chi connectivity index (χ0n) is 39.0. The summed E-state index contributed by atoms with van der Waals surface area (Å²) < 4.78 is 52.0. The minimum Gasteiger partial charge on any atom is -0.460 e. The number of aryl methyl sites for hydroxylation is 1. The van der Waals surface area contributed by atoms with Crippen molar-refractivity contribution in [2.75, 3.05) is 13.2 Å². The molecule has 0 unspecified atom stereocenters. The number of aliphatic hydroxyl groups excluding tert-OH is 1. The van der Waals surface area contributed by atoms with Crippen LogP contribution in [0.5, 0.6) is 0 Å². The standard InChI is InChI=1S/C26H38N2O6S.C21H37N3O4/c1-19-13-15-22(16-14-19)35(30,31)32-18-23-27-25(34-28-23)21(17-24(29)33-26(2,3)4)12-8-11-20-9-6-5-7-10-20;1-21(2,3)27-19(26)14-17(11-7-10-16-8-5-4-6-9-16)20-23-18(24-28-20)15-22-12-13-25/h13-16,20-21H,5-12,17-18H2,1-4H3;16-17,22,25H,4-15H2,1-3H3/t21-;17-/m11/s1. The average Bonchev–Trinajstić information content (AvgIpc) is 3.90. The number of esters is 2. The lowest BCUT2D eigenvalue weighted by Crippen LogP contribution is -2.25. The van der Waals surface area contributed by atoms with Crippen LogP contribution < -0.4 is 5.32 Å². The fraction of sp³-hybridized carbons (Fsp3) is 0.745. The van der Waals surface area contributed by atoms with Crippen LogP contribution in [0.4, 0.5) is 0 Å². The number of nitrogens with one attached hydrogen (secondary N) is 1. The van der Waals surface area contributed by atoms with Crippen LogP contribution in [0, 0.1) is 18.8 Å². The number of carbonyl (C=O) groups is 2. The molecule has 2 aromatic heterocycles. The van der Waals surface area contributed by atoms with Gasteiger partial charge in [-0.3, -0.25) is 13.8 Å². The van der Waals surface area contributed by atoms with E-state index in [9.17, 15) is 18.0 Å². The van der Waals surface area contributed by atoms with E-state index >= 15 is 0 Å². The van der Waals surface area contributed by atoms with Crippen LogP contribution in [0.25, 0.3) is 0 Å². The van der Waals surface area contributed by atoms with E-state index in [4.69, 9.17) is 27.8 Å². The molecule has 5 rings (SSSR count). The molecule has 2 atom stereocenters. The first-order chi connectivity index (χ1) is 29.9. The van der Waals surface area contributed by atoms with Gasteiger partial charge >= 0.3 is 11.9 Å². The van der Waals surface area contributed by atoms with Gasteiger partial charge in [-0.25, -0.2) is 0 Å². The number of aliphatic hydroxyl groups is 1. The molecular formula is C47H75N5O10S. The van der Waals surface area contributed by atoms with E-state index in [1.807, 2.05) is 48.5 Å². The van der Waals surface area contributed by atoms with Crippen LogP contribution in [0.1, 0.15) is 198 Å². The Hall–Kier alpha value is -3.73. The fourth-order valence-corrected chi connectivity index (χ4v) is 9.10. The lowest BCUT2D eigenvalue weighted by atomic mass is 9.84. The highest BCUT2D eigenvalue weighted by molar-refractivity contribution is 7.86. The van der Waals surface area contributed by atoms with Crippen molar-refractivity contribution in [1.82, 2.24) is 25.6 Å². The van der Waals surface area contributed by atoms with Crippen molar-refractivity contribution in [2.24, 2.45) is 11.8 Å². The summed E-state index contributed by atoms with van der Waals surface area (Å²) >= 11 is 0. The molecule has 2 fully saturated rings. The fourth-order valence-electron chi connectivity index (χ4n) is 8.23. The van der Waals surface area contributed by atoms with E-state index in [-0.39, 0.29) is 60.5 Å². The highest BCUT2D eigenvalue weighted by Gasteiger charge is 2.28. The van der Waals surface area contributed by atoms with Gasteiger partial charge in [0.25, 0.3) is 10.1 Å². The van der Waals surface area contributed by atoms with Gasteiger partial charge in [-0.1, -0.05) is 118 Å². The molecule has 0 saturated heterocycles. The number of ether oxygens (including phenoxy) is 2. The maximum Gasteiger partial charge on any atom is 0.307 e. The molecule has 3 aromatic rings. The minimum absolute atomic E-state index is 0.0626. The molecule has 354 valence electrons. The first-order valence-corrected chi connectivity index (χ1v) is 24.7. The SMILES string of the molecule is CC(C)(C)OC(=O)C[C@@H](CCCC1CCCCC1)c1nc(CNCCO)no1.Cc1ccc(S(=O)(=O)OCc2noc([C@H](CCCC3CCCCC3)CC(=O)OC(C)(C)C)n2)cc1. The third kappa shape index (κ3) is 20.3. The topological polar surface area (TPSA) is 206 Å². The number of carbonyl (C=O) groups excluding carboxylic acids is 2. The summed E-state index contributed by atoms with van der Waals surface area (Å²) in [4.78, 5) is 33.8. The summed E-state index contributed by atoms with van der Waals surface area (Å²) in [5.41, 5.74) is -0.133. The van der Waals surface area contributed by atoms with E-state index in [0.29, 0.717) is 30.7 Å². The maximum absolute atomic E-state index is 12.5. The first-order valence-electron chi connectivity index (χ1n) is 23.3. The third-order valence-electron chi connectivity index (χ3n) is 11.3. The molecule has 2 N–H and O–H groups in total. The summed E-state index contributed by atoms with van der Waals surface area (Å²) in [7, 11) is -3.95. The second-order valence-electron chi connectivity index (χ2n) is 19.4. The highest BCUT2D eigenvalue weighted by Crippen LogP contribution is 2.33. The second-order valence-corrected chi connectivity index (χ2v) is 21.0. The minimum atomic E-state index is -3.95. The molecule has 0 spiro atoms. The number of hydrogen-bond acceptors (Lipinski definition) is 15. The Morgan fingerprint density at radius 1 is 0.746 bits per heavy atom. The molecule has 0 bridgehead atoms. The van der Waals surface area contributed by atoms with Crippen LogP contribution in [0.3, 0.4) is 0 Å². The molecule has 0 aliphatic heterocycles. The van der Waals surface area contributed by atoms with Crippen LogP contribution in [0.15, 0.2) is 38.2 Å². The highest BCUT2D eigenvalue weighted by atomic mass is 32.2. The Kier molecular flexibility index (Phi) is 21.2. The molecule has 1 aromatic carbocycles. The summed E-state index contributed by atoms with van der Waals surface area (Å²) in [6, 6.07) is 6.40. The van der Waals surface area contributed by atoms with Crippen molar-refractivity contribution < 1.29 is 45.8 Å². The maximum atomic E-state index is 12.5. The summed E-state index contributed by atoms with van der Waals surface area (Å²) in [5.74, 6) is 2.09. The van der Waals surface area contributed by atoms with E-state index in [1.54, 1.807) is 12.1 Å². The number of nitrogens with zero attached hydrogens (tertiary/aromatic N) is 4. The Labute approximate surface area is 375 Å². The van der Waals surface area contributed by atoms with E-state index in [2.05, 4.69) is 25.6 Å². The van der Waals surface area contributed by atoms with Gasteiger partial charge in [0, 0.05) is 18.4 Å². The second kappa shape index (κ2) is 25.7. The molecule has 2 aliphatic rings. The van der Waals surface area contributed by atoms with Gasteiger partial charge in [0.1, 0.15) is 17.8 Å². The number of hydrogen-bond donors (Lipinski definition) is 2. The molecule has 2 heterocycles. The monoisotopic (exact) mass is 902 g/mol. The van der Waals surface area contributed by atoms with Crippen molar-refractivity contribution in [2.45, 2.75) is 205 Å². The Morgan fingerprint density at radius 3 is 1.67 bits per heavy atom. The molecule has 63 heavy (non-hydrogen) atoms. The van der Waals surface area contributed by atoms with Crippen LogP contribution in [0.2, 0.25) is 0 Å². The number of aromatic nitrogens is 4. The normalized spacial score (nSPS) is 16.5. The average molecular weight is 902 g/mol. The van der Waals surface area contributed by atoms with Crippen LogP contribution >= 0.6 is 0 Å². The van der Waals surface area contributed by atoms with Gasteiger partial charge < -0.3 is 28.9 Å². The van der Waals surface area contributed by atoms with Crippen molar-refractivity contribution in [1.29, 1.82) is 0 Å². The molecule has 0 amide bonds. The molecule has 0 radical (unpaired) electrons.